The van der Waals surface area contributed by atoms with Crippen molar-refractivity contribution in [2.24, 2.45) is 35.0 Å². The summed E-state index contributed by atoms with van der Waals surface area (Å²) in [7, 11) is -1.73. The highest BCUT2D eigenvalue weighted by molar-refractivity contribution is 14.1. The van der Waals surface area contributed by atoms with Gasteiger partial charge < -0.3 is 4.43 Å². The highest BCUT2D eigenvalue weighted by atomic mass is 127. The topological polar surface area (TPSA) is 9.23 Å². The van der Waals surface area contributed by atoms with E-state index in [0.29, 0.717) is 29.3 Å². The lowest BCUT2D eigenvalue weighted by atomic mass is 9.61. The Labute approximate surface area is 220 Å². The molecule has 0 spiro atoms. The van der Waals surface area contributed by atoms with Crippen LogP contribution in [0.2, 0.25) is 18.1 Å². The Kier molecular flexibility index (Phi) is 8.92. The molecule has 3 aliphatic rings. The quantitative estimate of drug-likeness (QED) is 0.172. The molecule has 7 atom stereocenters. The predicted molar refractivity (Wildman–Crippen MR) is 156 cm³/mol. The number of fused-ring (bicyclic) bond motifs is 1. The molecule has 0 aromatic rings. The molecular formula is C30H51IOSi. The van der Waals surface area contributed by atoms with E-state index < -0.39 is 8.32 Å². The zero-order valence-corrected chi connectivity index (χ0v) is 26.0. The maximum absolute atomic E-state index is 6.90. The van der Waals surface area contributed by atoms with Crippen molar-refractivity contribution in [2.45, 2.75) is 117 Å². The summed E-state index contributed by atoms with van der Waals surface area (Å²) in [5.74, 6) is 3.50. The third-order valence-corrected chi connectivity index (χ3v) is 15.3. The van der Waals surface area contributed by atoms with Gasteiger partial charge in [-0.25, -0.2) is 0 Å². The van der Waals surface area contributed by atoms with Crippen LogP contribution in [0.1, 0.15) is 92.9 Å². The van der Waals surface area contributed by atoms with Gasteiger partial charge in [0.1, 0.15) is 0 Å². The molecule has 0 aromatic heterocycles. The maximum atomic E-state index is 6.90. The van der Waals surface area contributed by atoms with Crippen molar-refractivity contribution in [3.8, 4) is 0 Å². The van der Waals surface area contributed by atoms with Crippen LogP contribution >= 0.6 is 22.6 Å². The first-order valence-electron chi connectivity index (χ1n) is 13.6. The SMILES string of the molecule is C=C1C(C/C=C2\CCC[C@]3(C)[C@@H]([C@H](C)/C=C/I)CC[C@@H]23)C[C@@H](O[Si](C)(C)C(C)(C)C)C[C@@H]1C. The smallest absolute Gasteiger partial charge is 0.192 e. The Balaban J connectivity index is 1.71. The molecular weight excluding hydrogens is 531 g/mol. The number of halogens is 1. The highest BCUT2D eigenvalue weighted by Gasteiger charge is 2.50. The lowest BCUT2D eigenvalue weighted by Gasteiger charge is -2.45. The minimum absolute atomic E-state index is 0.275. The third kappa shape index (κ3) is 5.93. The Morgan fingerprint density at radius 2 is 1.94 bits per heavy atom. The van der Waals surface area contributed by atoms with Crippen LogP contribution < -0.4 is 0 Å². The van der Waals surface area contributed by atoms with Crippen molar-refractivity contribution in [1.82, 2.24) is 0 Å². The van der Waals surface area contributed by atoms with E-state index in [0.717, 1.165) is 18.3 Å². The molecule has 1 nitrogen and oxygen atoms in total. The molecule has 3 rings (SSSR count). The first-order valence-corrected chi connectivity index (χ1v) is 17.8. The Hall–Kier alpha value is 0.127. The largest absolute Gasteiger partial charge is 0.414 e. The zero-order valence-electron chi connectivity index (χ0n) is 22.8. The van der Waals surface area contributed by atoms with Crippen molar-refractivity contribution in [3.05, 3.63) is 34.0 Å². The molecule has 0 heterocycles. The van der Waals surface area contributed by atoms with Crippen LogP contribution in [0.3, 0.4) is 0 Å². The van der Waals surface area contributed by atoms with Crippen LogP contribution in [0, 0.1) is 35.0 Å². The fraction of sp³-hybridized carbons (Fsp3) is 0.800. The maximum Gasteiger partial charge on any atom is 0.192 e. The Morgan fingerprint density at radius 1 is 1.24 bits per heavy atom. The van der Waals surface area contributed by atoms with Gasteiger partial charge in [-0.2, -0.15) is 0 Å². The fourth-order valence-corrected chi connectivity index (χ4v) is 9.22. The van der Waals surface area contributed by atoms with Crippen molar-refractivity contribution in [3.63, 3.8) is 0 Å². The van der Waals surface area contributed by atoms with E-state index in [4.69, 9.17) is 4.43 Å². The van der Waals surface area contributed by atoms with E-state index in [1.54, 1.807) is 5.57 Å². The second-order valence-electron chi connectivity index (χ2n) is 13.4. The Bertz CT molecular complexity index is 760. The molecule has 0 amide bonds. The fourth-order valence-electron chi connectivity index (χ4n) is 7.18. The van der Waals surface area contributed by atoms with Crippen LogP contribution in [0.25, 0.3) is 0 Å². The van der Waals surface area contributed by atoms with Gasteiger partial charge in [-0.15, -0.1) is 0 Å². The van der Waals surface area contributed by atoms with Crippen LogP contribution in [0.5, 0.6) is 0 Å². The number of allylic oxidation sites excluding steroid dienone is 4. The van der Waals surface area contributed by atoms with E-state index >= 15 is 0 Å². The normalized spacial score (nSPS) is 38.2. The number of hydrogen-bond acceptors (Lipinski definition) is 1. The highest BCUT2D eigenvalue weighted by Crippen LogP contribution is 2.59. The standard InChI is InChI=1S/C30H51IOSi/c1-21(16-18-31)27-14-15-28-24(11-10-17-30(27,28)7)12-13-25-20-26(19-22(2)23(25)3)32-33(8,9)29(4,5)6/h12,16,18,21-22,25-28H,3,10-11,13-15,17,19-20H2,1-2,4-9H3/b18-16+,24-12+/t21-,22+,25?,26+,27-,28+,30-/m1/s1. The zero-order chi connectivity index (χ0) is 24.6. The summed E-state index contributed by atoms with van der Waals surface area (Å²) in [6.45, 7) is 23.9. The molecule has 0 bridgehead atoms. The monoisotopic (exact) mass is 582 g/mol. The van der Waals surface area contributed by atoms with Gasteiger partial charge in [0.25, 0.3) is 0 Å². The van der Waals surface area contributed by atoms with Crippen molar-refractivity contribution >= 4 is 30.9 Å². The summed E-state index contributed by atoms with van der Waals surface area (Å²) in [6, 6.07) is 0. The number of hydrogen-bond donors (Lipinski definition) is 0. The molecule has 0 N–H and O–H groups in total. The third-order valence-electron chi connectivity index (χ3n) is 10.3. The molecule has 3 saturated carbocycles. The van der Waals surface area contributed by atoms with Gasteiger partial charge in [0, 0.05) is 6.10 Å². The lowest BCUT2D eigenvalue weighted by molar-refractivity contribution is 0.108. The van der Waals surface area contributed by atoms with Gasteiger partial charge in [0.05, 0.1) is 0 Å². The van der Waals surface area contributed by atoms with E-state index in [-0.39, 0.29) is 5.04 Å². The van der Waals surface area contributed by atoms with E-state index in [2.05, 4.69) is 100 Å². The van der Waals surface area contributed by atoms with Crippen molar-refractivity contribution < 1.29 is 4.43 Å². The summed E-state index contributed by atoms with van der Waals surface area (Å²) in [5.41, 5.74) is 3.75. The van der Waals surface area contributed by atoms with E-state index in [1.165, 1.54) is 50.5 Å². The average molecular weight is 583 g/mol. The molecule has 188 valence electrons. The predicted octanol–water partition coefficient (Wildman–Crippen LogP) is 10.1. The van der Waals surface area contributed by atoms with Crippen molar-refractivity contribution in [1.29, 1.82) is 0 Å². The second-order valence-corrected chi connectivity index (χ2v) is 18.9. The van der Waals surface area contributed by atoms with Gasteiger partial charge in [-0.1, -0.05) is 94.0 Å². The minimum Gasteiger partial charge on any atom is -0.414 e. The first kappa shape index (κ1) is 27.7. The van der Waals surface area contributed by atoms with Gasteiger partial charge in [-0.3, -0.25) is 0 Å². The molecule has 1 unspecified atom stereocenters. The van der Waals surface area contributed by atoms with Gasteiger partial charge in [-0.05, 0) is 109 Å². The molecule has 0 radical (unpaired) electrons. The molecule has 3 aliphatic carbocycles. The van der Waals surface area contributed by atoms with Crippen LogP contribution in [0.15, 0.2) is 34.0 Å². The second kappa shape index (κ2) is 10.6. The molecule has 0 saturated heterocycles. The summed E-state index contributed by atoms with van der Waals surface area (Å²) in [5, 5.41) is 0.275. The molecule has 0 aliphatic heterocycles. The average Bonchev–Trinajstić information content (AvgIpc) is 3.06. The summed E-state index contributed by atoms with van der Waals surface area (Å²) >= 11 is 2.39. The van der Waals surface area contributed by atoms with Crippen molar-refractivity contribution in [2.75, 3.05) is 0 Å². The summed E-state index contributed by atoms with van der Waals surface area (Å²) in [4.78, 5) is 0. The molecule has 33 heavy (non-hydrogen) atoms. The molecule has 3 fully saturated rings. The van der Waals surface area contributed by atoms with Gasteiger partial charge in [0.15, 0.2) is 8.32 Å². The first-order chi connectivity index (χ1) is 15.3. The molecule has 0 aromatic carbocycles. The van der Waals surface area contributed by atoms with Crippen LogP contribution in [0.4, 0.5) is 0 Å². The Morgan fingerprint density at radius 3 is 2.58 bits per heavy atom. The minimum atomic E-state index is -1.73. The van der Waals surface area contributed by atoms with Crippen LogP contribution in [-0.2, 0) is 4.43 Å². The van der Waals surface area contributed by atoms with E-state index in [9.17, 15) is 0 Å². The lowest BCUT2D eigenvalue weighted by Crippen LogP contribution is -2.46. The van der Waals surface area contributed by atoms with Gasteiger partial charge in [0.2, 0.25) is 0 Å². The van der Waals surface area contributed by atoms with Crippen LogP contribution in [-0.4, -0.2) is 14.4 Å². The van der Waals surface area contributed by atoms with Gasteiger partial charge >= 0.3 is 0 Å². The summed E-state index contributed by atoms with van der Waals surface area (Å²) in [6.07, 6.45) is 15.9. The number of rotatable bonds is 6. The summed E-state index contributed by atoms with van der Waals surface area (Å²) < 4.78 is 9.14. The molecule has 3 heteroatoms. The van der Waals surface area contributed by atoms with E-state index in [1.807, 2.05) is 0 Å².